The molecule has 106 valence electrons. The Morgan fingerprint density at radius 1 is 1.42 bits per heavy atom. The molecule has 0 aromatic heterocycles. The number of likely N-dealkylation sites (tertiary alicyclic amines) is 1. The van der Waals surface area contributed by atoms with Gasteiger partial charge in [-0.3, -0.25) is 4.90 Å². The number of piperidine rings is 1. The average molecular weight is 262 g/mol. The zero-order chi connectivity index (χ0) is 13.8. The fraction of sp³-hybridized carbons (Fsp3) is 0.625. The minimum absolute atomic E-state index is 0.303. The van der Waals surface area contributed by atoms with Gasteiger partial charge in [-0.1, -0.05) is 19.1 Å². The molecule has 0 aliphatic carbocycles. The lowest BCUT2D eigenvalue weighted by atomic mass is 9.90. The van der Waals surface area contributed by atoms with Crippen LogP contribution in [0, 0.1) is 5.92 Å². The van der Waals surface area contributed by atoms with Gasteiger partial charge < -0.3 is 10.5 Å². The summed E-state index contributed by atoms with van der Waals surface area (Å²) in [6.45, 7) is 6.46. The minimum Gasteiger partial charge on any atom is -0.497 e. The summed E-state index contributed by atoms with van der Waals surface area (Å²) >= 11 is 0. The van der Waals surface area contributed by atoms with Crippen LogP contribution < -0.4 is 10.5 Å². The summed E-state index contributed by atoms with van der Waals surface area (Å²) in [5, 5.41) is 0. The fourth-order valence-corrected chi connectivity index (χ4v) is 3.20. The van der Waals surface area contributed by atoms with Crippen LogP contribution in [0.2, 0.25) is 0 Å². The highest BCUT2D eigenvalue weighted by Gasteiger charge is 2.29. The molecule has 2 N–H and O–H groups in total. The van der Waals surface area contributed by atoms with Crippen LogP contribution in [0.5, 0.6) is 5.75 Å². The molecule has 19 heavy (non-hydrogen) atoms. The summed E-state index contributed by atoms with van der Waals surface area (Å²) in [6.07, 6.45) is 2.53. The monoisotopic (exact) mass is 262 g/mol. The fourth-order valence-electron chi connectivity index (χ4n) is 3.20. The lowest BCUT2D eigenvalue weighted by Crippen LogP contribution is -2.44. The molecule has 0 spiro atoms. The maximum atomic E-state index is 6.04. The van der Waals surface area contributed by atoms with E-state index in [4.69, 9.17) is 10.5 Å². The highest BCUT2D eigenvalue weighted by molar-refractivity contribution is 5.31. The molecule has 1 aliphatic heterocycles. The van der Waals surface area contributed by atoms with E-state index in [2.05, 4.69) is 30.9 Å². The van der Waals surface area contributed by atoms with E-state index in [-0.39, 0.29) is 0 Å². The van der Waals surface area contributed by atoms with Gasteiger partial charge in [0.15, 0.2) is 0 Å². The van der Waals surface area contributed by atoms with Crippen molar-refractivity contribution in [1.82, 2.24) is 4.90 Å². The highest BCUT2D eigenvalue weighted by atomic mass is 16.5. The topological polar surface area (TPSA) is 38.5 Å². The van der Waals surface area contributed by atoms with Gasteiger partial charge in [0.1, 0.15) is 5.75 Å². The Bertz CT molecular complexity index is 407. The number of ether oxygens (including phenoxy) is 1. The predicted octanol–water partition coefficient (Wildman–Crippen LogP) is 2.82. The smallest absolute Gasteiger partial charge is 0.119 e. The van der Waals surface area contributed by atoms with Gasteiger partial charge in [0.05, 0.1) is 7.11 Å². The van der Waals surface area contributed by atoms with E-state index >= 15 is 0 Å². The molecule has 1 aromatic carbocycles. The summed E-state index contributed by atoms with van der Waals surface area (Å²) < 4.78 is 5.32. The summed E-state index contributed by atoms with van der Waals surface area (Å²) in [5.41, 5.74) is 7.31. The summed E-state index contributed by atoms with van der Waals surface area (Å²) in [7, 11) is 1.71. The summed E-state index contributed by atoms with van der Waals surface area (Å²) in [4.78, 5) is 2.55. The van der Waals surface area contributed by atoms with Gasteiger partial charge in [-0.15, -0.1) is 0 Å². The van der Waals surface area contributed by atoms with Gasteiger partial charge in [-0.2, -0.15) is 0 Å². The van der Waals surface area contributed by atoms with Gasteiger partial charge >= 0.3 is 0 Å². The number of nitrogens with two attached hydrogens (primary N) is 1. The van der Waals surface area contributed by atoms with E-state index in [0.717, 1.165) is 18.2 Å². The molecule has 1 aliphatic rings. The normalized spacial score (nSPS) is 26.1. The third-order valence-corrected chi connectivity index (χ3v) is 4.29. The Balaban J connectivity index is 2.18. The molecule has 1 fully saturated rings. The number of nitrogens with zero attached hydrogens (tertiary/aromatic N) is 1. The van der Waals surface area contributed by atoms with Crippen molar-refractivity contribution in [2.24, 2.45) is 11.7 Å². The van der Waals surface area contributed by atoms with Crippen molar-refractivity contribution < 1.29 is 4.74 Å². The average Bonchev–Trinajstić information content (AvgIpc) is 2.42. The van der Waals surface area contributed by atoms with Crippen LogP contribution in [-0.2, 0) is 0 Å². The maximum absolute atomic E-state index is 6.04. The highest BCUT2D eigenvalue weighted by Crippen LogP contribution is 2.31. The van der Waals surface area contributed by atoms with Crippen molar-refractivity contribution in [3.8, 4) is 5.75 Å². The Kier molecular flexibility index (Phi) is 4.83. The van der Waals surface area contributed by atoms with Crippen LogP contribution in [0.4, 0.5) is 0 Å². The minimum atomic E-state index is 0.303. The van der Waals surface area contributed by atoms with Crippen molar-refractivity contribution in [3.63, 3.8) is 0 Å². The van der Waals surface area contributed by atoms with Crippen LogP contribution in [0.3, 0.4) is 0 Å². The Hall–Kier alpha value is -1.06. The van der Waals surface area contributed by atoms with Gasteiger partial charge in [0.2, 0.25) is 0 Å². The third-order valence-electron chi connectivity index (χ3n) is 4.29. The summed E-state index contributed by atoms with van der Waals surface area (Å²) in [6, 6.07) is 9.21. The molecular weight excluding hydrogens is 236 g/mol. The van der Waals surface area contributed by atoms with Crippen LogP contribution in [0.1, 0.15) is 38.3 Å². The van der Waals surface area contributed by atoms with Crippen molar-refractivity contribution >= 4 is 0 Å². The first kappa shape index (κ1) is 14.4. The van der Waals surface area contributed by atoms with Crippen LogP contribution in [0.15, 0.2) is 24.3 Å². The molecular formula is C16H26N2O. The quantitative estimate of drug-likeness (QED) is 0.907. The van der Waals surface area contributed by atoms with Crippen molar-refractivity contribution in [2.45, 2.75) is 38.8 Å². The van der Waals surface area contributed by atoms with E-state index in [1.807, 2.05) is 12.1 Å². The molecule has 1 aromatic rings. The predicted molar refractivity (Wildman–Crippen MR) is 79.4 cm³/mol. The second-order valence-corrected chi connectivity index (χ2v) is 5.74. The lowest BCUT2D eigenvalue weighted by molar-refractivity contribution is 0.0846. The first-order valence-corrected chi connectivity index (χ1v) is 7.25. The summed E-state index contributed by atoms with van der Waals surface area (Å²) in [5.74, 6) is 1.74. The zero-order valence-corrected chi connectivity index (χ0v) is 12.3. The number of hydrogen-bond acceptors (Lipinski definition) is 3. The second-order valence-electron chi connectivity index (χ2n) is 5.74. The van der Waals surface area contributed by atoms with Crippen LogP contribution in [0.25, 0.3) is 0 Å². The largest absolute Gasteiger partial charge is 0.497 e. The molecule has 1 heterocycles. The lowest BCUT2D eigenvalue weighted by Gasteiger charge is -2.41. The van der Waals surface area contributed by atoms with Gasteiger partial charge in [0, 0.05) is 18.6 Å². The number of rotatable bonds is 4. The molecule has 3 unspecified atom stereocenters. The third kappa shape index (κ3) is 3.28. The molecule has 1 saturated heterocycles. The van der Waals surface area contributed by atoms with E-state index in [9.17, 15) is 0 Å². The first-order chi connectivity index (χ1) is 9.15. The van der Waals surface area contributed by atoms with E-state index < -0.39 is 0 Å². The molecule has 0 saturated carbocycles. The molecule has 3 atom stereocenters. The molecule has 0 radical (unpaired) electrons. The standard InChI is InChI=1S/C16H26N2O/c1-12-7-8-18(13(2)9-12)16(11-17)14-5-4-6-15(10-14)19-3/h4-6,10,12-13,16H,7-9,11,17H2,1-3H3. The first-order valence-electron chi connectivity index (χ1n) is 7.25. The second kappa shape index (κ2) is 6.40. The maximum Gasteiger partial charge on any atom is 0.119 e. The molecule has 2 rings (SSSR count). The number of hydrogen-bond donors (Lipinski definition) is 1. The molecule has 3 heteroatoms. The molecule has 0 amide bonds. The van der Waals surface area contributed by atoms with Crippen LogP contribution >= 0.6 is 0 Å². The van der Waals surface area contributed by atoms with E-state index in [0.29, 0.717) is 18.6 Å². The Morgan fingerprint density at radius 2 is 2.21 bits per heavy atom. The van der Waals surface area contributed by atoms with Gasteiger partial charge in [-0.25, -0.2) is 0 Å². The number of methoxy groups -OCH3 is 1. The Labute approximate surface area is 116 Å². The van der Waals surface area contributed by atoms with E-state index in [1.165, 1.54) is 18.4 Å². The SMILES string of the molecule is COc1cccc(C(CN)N2CCC(C)CC2C)c1. The van der Waals surface area contributed by atoms with Crippen molar-refractivity contribution in [3.05, 3.63) is 29.8 Å². The molecule has 0 bridgehead atoms. The van der Waals surface area contributed by atoms with Crippen molar-refractivity contribution in [1.29, 1.82) is 0 Å². The van der Waals surface area contributed by atoms with Gasteiger partial charge in [-0.05, 0) is 49.9 Å². The van der Waals surface area contributed by atoms with Crippen LogP contribution in [-0.4, -0.2) is 31.1 Å². The van der Waals surface area contributed by atoms with Crippen molar-refractivity contribution in [2.75, 3.05) is 20.2 Å². The number of benzene rings is 1. The Morgan fingerprint density at radius 3 is 2.84 bits per heavy atom. The molecule has 3 nitrogen and oxygen atoms in total. The zero-order valence-electron chi connectivity index (χ0n) is 12.3. The van der Waals surface area contributed by atoms with E-state index in [1.54, 1.807) is 7.11 Å². The van der Waals surface area contributed by atoms with Gasteiger partial charge in [0.25, 0.3) is 0 Å².